The highest BCUT2D eigenvalue weighted by Gasteiger charge is 2.16. The third kappa shape index (κ3) is 5.66. The van der Waals surface area contributed by atoms with Gasteiger partial charge in [-0.2, -0.15) is 5.26 Å². The second-order valence-electron chi connectivity index (χ2n) is 11.0. The Labute approximate surface area is 263 Å². The fraction of sp³-hybridized carbons (Fsp3) is 0.0238. The number of fused-ring (bicyclic) bond motifs is 1. The van der Waals surface area contributed by atoms with Crippen LogP contribution in [-0.4, -0.2) is 0 Å². The molecule has 0 heterocycles. The zero-order chi connectivity index (χ0) is 30.6. The van der Waals surface area contributed by atoms with Crippen molar-refractivity contribution in [2.24, 2.45) is 0 Å². The Hall–Kier alpha value is -6.11. The van der Waals surface area contributed by atoms with E-state index in [1.807, 2.05) is 48.5 Å². The average molecular weight is 579 g/mol. The Morgan fingerprint density at radius 1 is 0.489 bits per heavy atom. The standard InChI is InChI=1S/C42H30N2O/c43-27-29-15-21-34(22-16-29)36-23-24-37(39-14-8-7-13-38(36)39)35-25-40(33-11-5-2-6-12-33)42(44)41(26-35)45-28-30-17-19-32(20-18-30)31-9-3-1-4-10-31/h1-26H,28,44H2. The first kappa shape index (κ1) is 27.7. The van der Waals surface area contributed by atoms with Gasteiger partial charge in [0.2, 0.25) is 0 Å². The predicted octanol–water partition coefficient (Wildman–Crippen LogP) is 10.5. The molecule has 214 valence electrons. The van der Waals surface area contributed by atoms with E-state index in [9.17, 15) is 5.26 Å². The van der Waals surface area contributed by atoms with E-state index in [0.717, 1.165) is 49.7 Å². The molecule has 3 heteroatoms. The third-order valence-electron chi connectivity index (χ3n) is 8.24. The second kappa shape index (κ2) is 12.2. The van der Waals surface area contributed by atoms with E-state index >= 15 is 0 Å². The molecule has 0 radical (unpaired) electrons. The molecule has 0 spiro atoms. The van der Waals surface area contributed by atoms with Crippen LogP contribution in [0.25, 0.3) is 55.3 Å². The van der Waals surface area contributed by atoms with Gasteiger partial charge in [-0.1, -0.05) is 133 Å². The third-order valence-corrected chi connectivity index (χ3v) is 8.24. The summed E-state index contributed by atoms with van der Waals surface area (Å²) < 4.78 is 6.47. The van der Waals surface area contributed by atoms with E-state index in [1.54, 1.807) is 0 Å². The van der Waals surface area contributed by atoms with Gasteiger partial charge in [-0.05, 0) is 79.5 Å². The number of hydrogen-bond donors (Lipinski definition) is 1. The molecule has 7 rings (SSSR count). The molecule has 7 aromatic carbocycles. The van der Waals surface area contributed by atoms with Gasteiger partial charge in [0.1, 0.15) is 12.4 Å². The summed E-state index contributed by atoms with van der Waals surface area (Å²) in [5, 5.41) is 11.5. The van der Waals surface area contributed by atoms with Crippen molar-refractivity contribution in [2.75, 3.05) is 5.73 Å². The van der Waals surface area contributed by atoms with Crippen LogP contribution in [0.5, 0.6) is 5.75 Å². The number of nitrogen functional groups attached to an aromatic ring is 1. The molecule has 0 aliphatic heterocycles. The van der Waals surface area contributed by atoms with E-state index in [1.165, 1.54) is 11.1 Å². The summed E-state index contributed by atoms with van der Waals surface area (Å²) in [6.45, 7) is 0.398. The monoisotopic (exact) mass is 578 g/mol. The molecule has 2 N–H and O–H groups in total. The van der Waals surface area contributed by atoms with Crippen molar-refractivity contribution in [3.8, 4) is 56.3 Å². The maximum absolute atomic E-state index is 9.27. The molecule has 0 aliphatic rings. The first-order valence-corrected chi connectivity index (χ1v) is 15.0. The zero-order valence-electron chi connectivity index (χ0n) is 24.7. The van der Waals surface area contributed by atoms with E-state index in [2.05, 4.69) is 115 Å². The van der Waals surface area contributed by atoms with Crippen molar-refractivity contribution in [3.05, 3.63) is 169 Å². The van der Waals surface area contributed by atoms with Crippen LogP contribution in [0.3, 0.4) is 0 Å². The molecule has 0 amide bonds. The van der Waals surface area contributed by atoms with E-state index < -0.39 is 0 Å². The zero-order valence-corrected chi connectivity index (χ0v) is 24.7. The molecule has 7 aromatic rings. The highest BCUT2D eigenvalue weighted by molar-refractivity contribution is 6.05. The average Bonchev–Trinajstić information content (AvgIpc) is 3.12. The number of nitriles is 1. The van der Waals surface area contributed by atoms with Crippen LogP contribution in [-0.2, 0) is 6.61 Å². The van der Waals surface area contributed by atoms with Gasteiger partial charge < -0.3 is 10.5 Å². The van der Waals surface area contributed by atoms with Gasteiger partial charge >= 0.3 is 0 Å². The van der Waals surface area contributed by atoms with Crippen molar-refractivity contribution in [2.45, 2.75) is 6.61 Å². The molecule has 0 unspecified atom stereocenters. The molecule has 45 heavy (non-hydrogen) atoms. The molecule has 0 aliphatic carbocycles. The molecule has 0 saturated heterocycles. The Balaban J connectivity index is 1.29. The van der Waals surface area contributed by atoms with E-state index in [-0.39, 0.29) is 0 Å². The Morgan fingerprint density at radius 3 is 1.62 bits per heavy atom. The Kier molecular flexibility index (Phi) is 7.54. The topological polar surface area (TPSA) is 59.0 Å². The first-order chi connectivity index (χ1) is 22.2. The largest absolute Gasteiger partial charge is 0.487 e. The summed E-state index contributed by atoms with van der Waals surface area (Å²) in [5.74, 6) is 0.652. The molecule has 3 nitrogen and oxygen atoms in total. The van der Waals surface area contributed by atoms with Gasteiger partial charge in [0, 0.05) is 5.56 Å². The lowest BCUT2D eigenvalue weighted by molar-refractivity contribution is 0.308. The van der Waals surface area contributed by atoms with Crippen LogP contribution < -0.4 is 10.5 Å². The summed E-state index contributed by atoms with van der Waals surface area (Å²) >= 11 is 0. The van der Waals surface area contributed by atoms with Crippen molar-refractivity contribution in [3.63, 3.8) is 0 Å². The highest BCUT2D eigenvalue weighted by atomic mass is 16.5. The number of nitrogens with zero attached hydrogens (tertiary/aromatic N) is 1. The maximum atomic E-state index is 9.27. The SMILES string of the molecule is N#Cc1ccc(-c2ccc(-c3cc(OCc4ccc(-c5ccccc5)cc4)c(N)c(-c4ccccc4)c3)c3ccccc23)cc1. The fourth-order valence-electron chi connectivity index (χ4n) is 5.87. The number of anilines is 1. The van der Waals surface area contributed by atoms with Crippen LogP contribution >= 0.6 is 0 Å². The lowest BCUT2D eigenvalue weighted by atomic mass is 9.90. The van der Waals surface area contributed by atoms with Gasteiger partial charge in [0.15, 0.2) is 0 Å². The number of ether oxygens (including phenoxy) is 1. The number of benzene rings is 7. The molecule has 0 fully saturated rings. The second-order valence-corrected chi connectivity index (χ2v) is 11.0. The number of rotatable bonds is 7. The molecular formula is C42H30N2O. The summed E-state index contributed by atoms with van der Waals surface area (Å²) in [7, 11) is 0. The minimum Gasteiger partial charge on any atom is -0.487 e. The fourth-order valence-corrected chi connectivity index (χ4v) is 5.87. The minimum absolute atomic E-state index is 0.398. The van der Waals surface area contributed by atoms with Gasteiger partial charge in [-0.15, -0.1) is 0 Å². The molecule has 0 saturated carbocycles. The first-order valence-electron chi connectivity index (χ1n) is 15.0. The lowest BCUT2D eigenvalue weighted by Gasteiger charge is -2.18. The van der Waals surface area contributed by atoms with Gasteiger partial charge in [0.05, 0.1) is 17.3 Å². The van der Waals surface area contributed by atoms with E-state index in [4.69, 9.17) is 10.5 Å². The van der Waals surface area contributed by atoms with Crippen LogP contribution in [0, 0.1) is 11.3 Å². The van der Waals surface area contributed by atoms with Crippen LogP contribution in [0.15, 0.2) is 158 Å². The number of hydrogen-bond acceptors (Lipinski definition) is 3. The quantitative estimate of drug-likeness (QED) is 0.191. The van der Waals surface area contributed by atoms with Crippen LogP contribution in [0.2, 0.25) is 0 Å². The smallest absolute Gasteiger partial charge is 0.143 e. The van der Waals surface area contributed by atoms with Gasteiger partial charge in [0.25, 0.3) is 0 Å². The Morgan fingerprint density at radius 2 is 1.00 bits per heavy atom. The van der Waals surface area contributed by atoms with E-state index in [0.29, 0.717) is 23.6 Å². The number of nitrogens with two attached hydrogens (primary N) is 1. The predicted molar refractivity (Wildman–Crippen MR) is 186 cm³/mol. The van der Waals surface area contributed by atoms with Gasteiger partial charge in [-0.25, -0.2) is 0 Å². The Bertz CT molecular complexity index is 2150. The van der Waals surface area contributed by atoms with Crippen LogP contribution in [0.1, 0.15) is 11.1 Å². The lowest BCUT2D eigenvalue weighted by Crippen LogP contribution is -2.01. The van der Waals surface area contributed by atoms with Gasteiger partial charge in [-0.3, -0.25) is 0 Å². The van der Waals surface area contributed by atoms with Crippen LogP contribution in [0.4, 0.5) is 5.69 Å². The molecule has 0 atom stereocenters. The molecule has 0 aromatic heterocycles. The summed E-state index contributed by atoms with van der Waals surface area (Å²) in [4.78, 5) is 0. The van der Waals surface area contributed by atoms with Crippen molar-refractivity contribution in [1.29, 1.82) is 5.26 Å². The highest BCUT2D eigenvalue weighted by Crippen LogP contribution is 2.42. The summed E-state index contributed by atoms with van der Waals surface area (Å²) in [6.07, 6.45) is 0. The molecule has 0 bridgehead atoms. The normalized spacial score (nSPS) is 10.8. The summed E-state index contributed by atoms with van der Waals surface area (Å²) in [5.41, 5.74) is 17.8. The van der Waals surface area contributed by atoms with Crippen molar-refractivity contribution >= 4 is 16.5 Å². The minimum atomic E-state index is 0.398. The maximum Gasteiger partial charge on any atom is 0.143 e. The van der Waals surface area contributed by atoms with Crippen molar-refractivity contribution in [1.82, 2.24) is 0 Å². The molecular weight excluding hydrogens is 548 g/mol. The summed E-state index contributed by atoms with van der Waals surface area (Å²) in [6, 6.07) is 56.0. The van der Waals surface area contributed by atoms with Crippen molar-refractivity contribution < 1.29 is 4.74 Å².